The van der Waals surface area contributed by atoms with Crippen molar-refractivity contribution in [2.45, 2.75) is 18.9 Å². The van der Waals surface area contributed by atoms with Crippen molar-refractivity contribution in [3.05, 3.63) is 0 Å². The summed E-state index contributed by atoms with van der Waals surface area (Å²) in [5.74, 6) is -0.639. The van der Waals surface area contributed by atoms with E-state index >= 15 is 0 Å². The number of carbonyl (C=O) groups is 1. The number of amidine groups is 1. The van der Waals surface area contributed by atoms with E-state index in [0.717, 1.165) is 19.4 Å². The zero-order valence-corrected chi connectivity index (χ0v) is 6.58. The molecular weight excluding hydrogens is 154 g/mol. The van der Waals surface area contributed by atoms with E-state index in [4.69, 9.17) is 10.7 Å². The van der Waals surface area contributed by atoms with Gasteiger partial charge in [-0.2, -0.15) is 5.26 Å². The lowest BCUT2D eigenvalue weighted by atomic mass is 10.0. The molecule has 2 rings (SSSR count). The van der Waals surface area contributed by atoms with Crippen LogP contribution < -0.4 is 0 Å². The van der Waals surface area contributed by atoms with E-state index < -0.39 is 5.92 Å². The third-order valence-electron chi connectivity index (χ3n) is 2.58. The first kappa shape index (κ1) is 7.29. The van der Waals surface area contributed by atoms with Crippen LogP contribution in [0.2, 0.25) is 0 Å². The van der Waals surface area contributed by atoms with Crippen molar-refractivity contribution in [2.75, 3.05) is 6.54 Å². The van der Waals surface area contributed by atoms with Crippen molar-refractivity contribution in [2.24, 2.45) is 5.92 Å². The van der Waals surface area contributed by atoms with Gasteiger partial charge in [0.1, 0.15) is 5.84 Å². The van der Waals surface area contributed by atoms with Gasteiger partial charge in [0.25, 0.3) is 0 Å². The highest BCUT2D eigenvalue weighted by atomic mass is 16.1. The van der Waals surface area contributed by atoms with Gasteiger partial charge >= 0.3 is 0 Å². The second-order valence-corrected chi connectivity index (χ2v) is 3.20. The summed E-state index contributed by atoms with van der Waals surface area (Å²) in [7, 11) is 0. The fraction of sp³-hybridized carbons (Fsp3) is 0.625. The summed E-state index contributed by atoms with van der Waals surface area (Å²) >= 11 is 0. The van der Waals surface area contributed by atoms with Crippen LogP contribution in [0.15, 0.2) is 0 Å². The largest absolute Gasteiger partial charge is 0.349 e. The number of ketones is 1. The molecular formula is C8H9N3O. The average Bonchev–Trinajstić information content (AvgIpc) is 2.58. The summed E-state index contributed by atoms with van der Waals surface area (Å²) < 4.78 is 0. The van der Waals surface area contributed by atoms with Gasteiger partial charge < -0.3 is 4.90 Å². The monoisotopic (exact) mass is 163 g/mol. The van der Waals surface area contributed by atoms with Gasteiger partial charge in [0.2, 0.25) is 0 Å². The number of nitrogens with one attached hydrogen (secondary N) is 1. The fourth-order valence-corrected chi connectivity index (χ4v) is 1.97. The van der Waals surface area contributed by atoms with Gasteiger partial charge in [-0.15, -0.1) is 0 Å². The Labute approximate surface area is 70.3 Å². The van der Waals surface area contributed by atoms with E-state index in [1.807, 2.05) is 6.07 Å². The minimum absolute atomic E-state index is 0.0694. The van der Waals surface area contributed by atoms with Crippen molar-refractivity contribution in [1.82, 2.24) is 4.90 Å². The third kappa shape index (κ3) is 0.708. The van der Waals surface area contributed by atoms with E-state index in [0.29, 0.717) is 0 Å². The predicted octanol–water partition coefficient (Wildman–Crippen LogP) is 0.151. The first-order valence-electron chi connectivity index (χ1n) is 4.04. The number of hydrogen-bond acceptors (Lipinski definition) is 3. The molecule has 0 aromatic rings. The zero-order chi connectivity index (χ0) is 8.72. The van der Waals surface area contributed by atoms with Crippen LogP contribution in [-0.4, -0.2) is 29.1 Å². The molecule has 0 radical (unpaired) electrons. The Morgan fingerprint density at radius 3 is 3.00 bits per heavy atom. The van der Waals surface area contributed by atoms with Gasteiger partial charge in [-0.1, -0.05) is 0 Å². The molecule has 0 bridgehead atoms. The summed E-state index contributed by atoms with van der Waals surface area (Å²) in [6, 6.07) is 1.73. The predicted molar refractivity (Wildman–Crippen MR) is 41.6 cm³/mol. The molecule has 0 aromatic heterocycles. The lowest BCUT2D eigenvalue weighted by Crippen LogP contribution is -2.28. The number of hydrogen-bond donors (Lipinski definition) is 1. The zero-order valence-electron chi connectivity index (χ0n) is 6.58. The molecule has 4 nitrogen and oxygen atoms in total. The SMILES string of the molecule is N#CC1C(=N)N2CCCC2C1=O. The molecule has 2 saturated heterocycles. The number of rotatable bonds is 0. The molecule has 4 heteroatoms. The van der Waals surface area contributed by atoms with E-state index in [1.54, 1.807) is 4.90 Å². The number of fused-ring (bicyclic) bond motifs is 1. The molecule has 2 heterocycles. The van der Waals surface area contributed by atoms with Crippen LogP contribution in [0.1, 0.15) is 12.8 Å². The van der Waals surface area contributed by atoms with Crippen LogP contribution in [0.5, 0.6) is 0 Å². The van der Waals surface area contributed by atoms with E-state index in [2.05, 4.69) is 0 Å². The normalized spacial score (nSPS) is 33.8. The molecule has 0 amide bonds. The summed E-state index contributed by atoms with van der Waals surface area (Å²) in [5.41, 5.74) is 0. The van der Waals surface area contributed by atoms with E-state index in [-0.39, 0.29) is 17.7 Å². The van der Waals surface area contributed by atoms with E-state index in [9.17, 15) is 4.79 Å². The molecule has 0 aromatic carbocycles. The van der Waals surface area contributed by atoms with Gasteiger partial charge in [-0.3, -0.25) is 10.2 Å². The Morgan fingerprint density at radius 2 is 2.42 bits per heavy atom. The van der Waals surface area contributed by atoms with Gasteiger partial charge in [0, 0.05) is 6.54 Å². The Hall–Kier alpha value is -1.37. The van der Waals surface area contributed by atoms with Crippen LogP contribution in [0.3, 0.4) is 0 Å². The number of nitriles is 1. The maximum absolute atomic E-state index is 11.4. The lowest BCUT2D eigenvalue weighted by Gasteiger charge is -2.14. The van der Waals surface area contributed by atoms with Crippen molar-refractivity contribution < 1.29 is 4.79 Å². The number of carbonyl (C=O) groups excluding carboxylic acids is 1. The van der Waals surface area contributed by atoms with Crippen molar-refractivity contribution >= 4 is 11.6 Å². The Morgan fingerprint density at radius 1 is 1.67 bits per heavy atom. The van der Waals surface area contributed by atoms with Gasteiger partial charge in [-0.05, 0) is 12.8 Å². The van der Waals surface area contributed by atoms with Crippen LogP contribution >= 0.6 is 0 Å². The highest BCUT2D eigenvalue weighted by Crippen LogP contribution is 2.29. The second kappa shape index (κ2) is 2.31. The average molecular weight is 163 g/mol. The Balaban J connectivity index is 2.33. The van der Waals surface area contributed by atoms with E-state index in [1.165, 1.54) is 0 Å². The van der Waals surface area contributed by atoms with Crippen LogP contribution in [0.25, 0.3) is 0 Å². The first-order chi connectivity index (χ1) is 5.75. The molecule has 0 spiro atoms. The maximum Gasteiger partial charge on any atom is 0.179 e. The number of nitrogens with zero attached hydrogens (tertiary/aromatic N) is 2. The molecule has 62 valence electrons. The minimum atomic E-state index is -0.782. The molecule has 1 N–H and O–H groups in total. The molecule has 2 aliphatic rings. The third-order valence-corrected chi connectivity index (χ3v) is 2.58. The summed E-state index contributed by atoms with van der Waals surface area (Å²) in [6.07, 6.45) is 1.79. The molecule has 2 unspecified atom stereocenters. The molecule has 2 fully saturated rings. The maximum atomic E-state index is 11.4. The molecule has 2 atom stereocenters. The molecule has 0 aliphatic carbocycles. The van der Waals surface area contributed by atoms with Crippen molar-refractivity contribution in [3.63, 3.8) is 0 Å². The second-order valence-electron chi connectivity index (χ2n) is 3.20. The Bertz CT molecular complexity index is 269. The van der Waals surface area contributed by atoms with Crippen LogP contribution in [0.4, 0.5) is 0 Å². The number of Topliss-reactive ketones (excluding diaryl/α,β-unsaturated/α-hetero) is 1. The topological polar surface area (TPSA) is 68.0 Å². The lowest BCUT2D eigenvalue weighted by molar-refractivity contribution is -0.120. The molecule has 12 heavy (non-hydrogen) atoms. The summed E-state index contributed by atoms with van der Waals surface area (Å²) in [5, 5.41) is 16.2. The van der Waals surface area contributed by atoms with Gasteiger partial charge in [-0.25, -0.2) is 0 Å². The standard InChI is InChI=1S/C8H9N3O/c9-4-5-7(12)6-2-1-3-11(6)8(5)10/h5-6,10H,1-3H2. The summed E-state index contributed by atoms with van der Waals surface area (Å²) in [4.78, 5) is 13.2. The van der Waals surface area contributed by atoms with Gasteiger partial charge in [0.15, 0.2) is 11.7 Å². The quantitative estimate of drug-likeness (QED) is 0.552. The smallest absolute Gasteiger partial charge is 0.179 e. The Kier molecular flexibility index (Phi) is 1.40. The summed E-state index contributed by atoms with van der Waals surface area (Å²) in [6.45, 7) is 0.771. The first-order valence-corrected chi connectivity index (χ1v) is 4.04. The van der Waals surface area contributed by atoms with Gasteiger partial charge in [0.05, 0.1) is 12.1 Å². The highest BCUT2D eigenvalue weighted by Gasteiger charge is 2.46. The van der Waals surface area contributed by atoms with Crippen molar-refractivity contribution in [3.8, 4) is 6.07 Å². The minimum Gasteiger partial charge on any atom is -0.349 e. The molecule has 0 saturated carbocycles. The molecule has 2 aliphatic heterocycles. The van der Waals surface area contributed by atoms with Crippen molar-refractivity contribution in [1.29, 1.82) is 10.7 Å². The fourth-order valence-electron chi connectivity index (χ4n) is 1.97. The van der Waals surface area contributed by atoms with Crippen LogP contribution in [0, 0.1) is 22.7 Å². The van der Waals surface area contributed by atoms with Crippen LogP contribution in [-0.2, 0) is 4.79 Å². The highest BCUT2D eigenvalue weighted by molar-refractivity contribution is 6.13.